The molecule has 0 aliphatic carbocycles. The molecule has 0 radical (unpaired) electrons. The first-order valence-electron chi connectivity index (χ1n) is 20.8. The Balaban J connectivity index is 0.00000484. The van der Waals surface area contributed by atoms with Gasteiger partial charge in [0, 0.05) is 46.8 Å². The molecule has 3 aliphatic rings. The van der Waals surface area contributed by atoms with E-state index >= 15 is 0 Å². The fourth-order valence-electron chi connectivity index (χ4n) is 8.30. The van der Waals surface area contributed by atoms with Crippen LogP contribution in [0.5, 0.6) is 0 Å². The fourth-order valence-corrected chi connectivity index (χ4v) is 8.30. The first kappa shape index (κ1) is 28.7. The van der Waals surface area contributed by atoms with Crippen molar-refractivity contribution in [1.82, 2.24) is 14.4 Å². The SMILES string of the molecule is [2H]C([2H])([2H])N1[CH-]N(c2[c-]c3c(cc2)-n2c4ccccc4c4cccc(c42)C3(c2[c-]c(N3[CH-]N(C([2H])([2H])[2H])C(C)=C3C)cc(C(C)(C)C)c2)c2ccccc2)C(C)=C1C.[Pt+4]. The van der Waals surface area contributed by atoms with Crippen molar-refractivity contribution in [2.24, 2.45) is 0 Å². The number of benzene rings is 5. The molecule has 53 heavy (non-hydrogen) atoms. The molecule has 1 unspecified atom stereocenters. The van der Waals surface area contributed by atoms with Crippen molar-refractivity contribution in [2.45, 2.75) is 59.3 Å². The molecule has 0 amide bonds. The molecule has 6 heteroatoms. The van der Waals surface area contributed by atoms with Crippen LogP contribution in [0.3, 0.4) is 0 Å². The molecule has 0 fully saturated rings. The van der Waals surface area contributed by atoms with Crippen LogP contribution >= 0.6 is 0 Å². The number of nitrogens with zero attached hydrogens (tertiary/aromatic N) is 5. The average Bonchev–Trinajstić information content (AvgIpc) is 3.80. The van der Waals surface area contributed by atoms with Crippen LogP contribution in [-0.2, 0) is 31.9 Å². The normalized spacial score (nSPS) is 20.7. The Kier molecular flexibility index (Phi) is 6.73. The third-order valence-corrected chi connectivity index (χ3v) is 11.4. The molecule has 0 saturated carbocycles. The van der Waals surface area contributed by atoms with Crippen LogP contribution in [-0.4, -0.2) is 28.3 Å². The minimum Gasteiger partial charge on any atom is -0.508 e. The largest absolute Gasteiger partial charge is 4.00 e. The molecule has 1 atom stereocenters. The van der Waals surface area contributed by atoms with E-state index in [1.807, 2.05) is 49.6 Å². The number of hydrogen-bond donors (Lipinski definition) is 0. The van der Waals surface area contributed by atoms with Crippen LogP contribution in [0.15, 0.2) is 120 Å². The molecular formula is C47H45N5Pt. The number of anilines is 2. The Bertz CT molecular complexity index is 2720. The van der Waals surface area contributed by atoms with Gasteiger partial charge in [-0.2, -0.15) is 37.1 Å². The number of allylic oxidation sites excluding steroid dienone is 4. The van der Waals surface area contributed by atoms with E-state index in [-0.39, 0.29) is 26.5 Å². The van der Waals surface area contributed by atoms with E-state index in [2.05, 4.69) is 122 Å². The van der Waals surface area contributed by atoms with Crippen molar-refractivity contribution in [3.63, 3.8) is 0 Å². The van der Waals surface area contributed by atoms with Crippen LogP contribution in [0.2, 0.25) is 0 Å². The molecule has 0 spiro atoms. The quantitative estimate of drug-likeness (QED) is 0.164. The average molecular weight is 881 g/mol. The minimum absolute atomic E-state index is 0. The van der Waals surface area contributed by atoms with Gasteiger partial charge in [-0.1, -0.05) is 93.2 Å². The van der Waals surface area contributed by atoms with Gasteiger partial charge in [0.15, 0.2) is 0 Å². The summed E-state index contributed by atoms with van der Waals surface area (Å²) >= 11 is 0. The second-order valence-corrected chi connectivity index (χ2v) is 15.2. The molecule has 6 aromatic rings. The van der Waals surface area contributed by atoms with Crippen molar-refractivity contribution in [3.8, 4) is 5.69 Å². The first-order chi connectivity index (χ1) is 27.3. The van der Waals surface area contributed by atoms with Crippen LogP contribution in [0.4, 0.5) is 11.4 Å². The fraction of sp³-hybridized carbons (Fsp3) is 0.234. The number of aromatic nitrogens is 1. The van der Waals surface area contributed by atoms with Crippen LogP contribution < -0.4 is 9.80 Å². The van der Waals surface area contributed by atoms with Gasteiger partial charge in [-0.15, -0.1) is 40.7 Å². The third-order valence-electron chi connectivity index (χ3n) is 11.4. The molecule has 0 N–H and O–H groups in total. The minimum atomic E-state index is -2.36. The molecule has 3 aliphatic heterocycles. The number of para-hydroxylation sites is 2. The summed E-state index contributed by atoms with van der Waals surface area (Å²) in [7, 11) is 0. The van der Waals surface area contributed by atoms with Gasteiger partial charge < -0.3 is 24.2 Å². The maximum atomic E-state index is 8.32. The summed E-state index contributed by atoms with van der Waals surface area (Å²) in [6.45, 7) is 12.7. The summed E-state index contributed by atoms with van der Waals surface area (Å²) in [5.74, 6) is 0. The Morgan fingerprint density at radius 3 is 1.96 bits per heavy atom. The molecule has 5 nitrogen and oxygen atoms in total. The van der Waals surface area contributed by atoms with Crippen LogP contribution in [0.25, 0.3) is 27.5 Å². The van der Waals surface area contributed by atoms with Crippen LogP contribution in [0, 0.1) is 25.5 Å². The standard InChI is InChI=1S/C47H45N5.Pt/c1-30-32(3)50(28-48(30)8)37-22-23-44-42(27-37)47(34-16-11-10-12-17-34,41-20-15-19-40-39-18-13-14-21-43(39)52(44)45(40)41)36-24-35(46(5,6)7)25-38(26-36)51-29-49(9)31(2)33(51)4;/h10-25,28-29H,1-9H3;/q-4;+4/i8D3,9D3;. The second kappa shape index (κ2) is 12.4. The Morgan fingerprint density at radius 1 is 0.660 bits per heavy atom. The van der Waals surface area contributed by atoms with Gasteiger partial charge in [0.25, 0.3) is 0 Å². The van der Waals surface area contributed by atoms with Crippen molar-refractivity contribution < 1.29 is 29.3 Å². The van der Waals surface area contributed by atoms with Gasteiger partial charge >= 0.3 is 21.1 Å². The predicted molar refractivity (Wildman–Crippen MR) is 215 cm³/mol. The smallest absolute Gasteiger partial charge is 0.508 e. The van der Waals surface area contributed by atoms with Gasteiger partial charge in [-0.05, 0) is 75.6 Å². The Morgan fingerprint density at radius 2 is 1.30 bits per heavy atom. The molecule has 268 valence electrons. The molecule has 5 aromatic carbocycles. The third kappa shape index (κ3) is 4.99. The summed E-state index contributed by atoms with van der Waals surface area (Å²) in [6, 6.07) is 41.9. The van der Waals surface area contributed by atoms with Crippen molar-refractivity contribution >= 4 is 33.2 Å². The monoisotopic (exact) mass is 880 g/mol. The van der Waals surface area contributed by atoms with Gasteiger partial charge in [-0.25, -0.2) is 0 Å². The maximum absolute atomic E-state index is 8.32. The summed E-state index contributed by atoms with van der Waals surface area (Å²) in [5, 5.41) is 2.26. The zero-order chi connectivity index (χ0) is 41.3. The van der Waals surface area contributed by atoms with Crippen molar-refractivity contribution in [2.75, 3.05) is 23.8 Å². The van der Waals surface area contributed by atoms with E-state index in [0.717, 1.165) is 72.4 Å². The molecule has 0 saturated heterocycles. The van der Waals surface area contributed by atoms with Crippen LogP contribution in [0.1, 0.15) is 84.5 Å². The van der Waals surface area contributed by atoms with Crippen molar-refractivity contribution in [3.05, 3.63) is 173 Å². The van der Waals surface area contributed by atoms with E-state index in [1.54, 1.807) is 13.3 Å². The molecule has 0 bridgehead atoms. The summed E-state index contributed by atoms with van der Waals surface area (Å²) in [6.07, 6.45) is 0. The second-order valence-electron chi connectivity index (χ2n) is 15.2. The van der Waals surface area contributed by atoms with E-state index in [4.69, 9.17) is 8.22 Å². The predicted octanol–water partition coefficient (Wildman–Crippen LogP) is 10.6. The summed E-state index contributed by atoms with van der Waals surface area (Å²) in [4.78, 5) is 6.56. The zero-order valence-corrected chi connectivity index (χ0v) is 33.2. The van der Waals surface area contributed by atoms with E-state index in [0.29, 0.717) is 17.1 Å². The van der Waals surface area contributed by atoms with Gasteiger partial charge in [-0.3, -0.25) is 0 Å². The molecule has 1 aromatic heterocycles. The molecular weight excluding hydrogens is 830 g/mol. The first-order valence-corrected chi connectivity index (χ1v) is 17.8. The van der Waals surface area contributed by atoms with Crippen molar-refractivity contribution in [1.29, 1.82) is 0 Å². The number of fused-ring (bicyclic) bond motifs is 5. The van der Waals surface area contributed by atoms with Gasteiger partial charge in [0.05, 0.1) is 0 Å². The molecule has 4 heterocycles. The summed E-state index contributed by atoms with van der Waals surface area (Å²) in [5.41, 5.74) is 11.0. The van der Waals surface area contributed by atoms with Gasteiger partial charge in [0.1, 0.15) is 0 Å². The zero-order valence-electron chi connectivity index (χ0n) is 36.9. The van der Waals surface area contributed by atoms with E-state index < -0.39 is 19.4 Å². The maximum Gasteiger partial charge on any atom is 4.00 e. The number of rotatable bonds is 4. The molecule has 9 rings (SSSR count). The Hall–Kier alpha value is -4.73. The Labute approximate surface area is 337 Å². The van der Waals surface area contributed by atoms with Gasteiger partial charge in [0.2, 0.25) is 0 Å². The number of hydrogen-bond acceptors (Lipinski definition) is 4. The topological polar surface area (TPSA) is 17.9 Å². The van der Waals surface area contributed by atoms with E-state index in [9.17, 15) is 0 Å². The van der Waals surface area contributed by atoms with E-state index in [1.165, 1.54) is 9.80 Å². The summed E-state index contributed by atoms with van der Waals surface area (Å²) < 4.78 is 52.2.